The van der Waals surface area contributed by atoms with E-state index in [-0.39, 0.29) is 0 Å². The number of nitrogens with one attached hydrogen (secondary N) is 1. The van der Waals surface area contributed by atoms with E-state index < -0.39 is 28.9 Å². The van der Waals surface area contributed by atoms with Crippen molar-refractivity contribution in [2.75, 3.05) is 19.6 Å². The molecular weight excluding hydrogens is 326 g/mol. The average molecular weight is 346 g/mol. The number of benzene rings is 2. The van der Waals surface area contributed by atoms with E-state index in [0.717, 1.165) is 32.1 Å². The van der Waals surface area contributed by atoms with Crippen LogP contribution in [0.3, 0.4) is 0 Å². The summed E-state index contributed by atoms with van der Waals surface area (Å²) in [5.41, 5.74) is 2.19. The van der Waals surface area contributed by atoms with Gasteiger partial charge < -0.3 is 10.4 Å². The Hall–Kier alpha value is -2.47. The van der Waals surface area contributed by atoms with Gasteiger partial charge >= 0.3 is 0 Å². The maximum Gasteiger partial charge on any atom is 0.258 e. The quantitative estimate of drug-likeness (QED) is 0.819. The van der Waals surface area contributed by atoms with Gasteiger partial charge in [0, 0.05) is 38.3 Å². The van der Waals surface area contributed by atoms with Gasteiger partial charge in [-0.25, -0.2) is 8.78 Å². The lowest BCUT2D eigenvalue weighted by atomic mass is 10.00. The van der Waals surface area contributed by atoms with Gasteiger partial charge in [-0.2, -0.15) is 0 Å². The number of amides is 1. The number of fused-ring (bicyclic) bond motifs is 1. The first-order valence-electron chi connectivity index (χ1n) is 8.30. The summed E-state index contributed by atoms with van der Waals surface area (Å²) in [7, 11) is 0. The van der Waals surface area contributed by atoms with E-state index >= 15 is 0 Å². The highest BCUT2D eigenvalue weighted by atomic mass is 19.1. The minimum atomic E-state index is -1.07. The third-order valence-corrected chi connectivity index (χ3v) is 4.41. The van der Waals surface area contributed by atoms with Gasteiger partial charge in [-0.15, -0.1) is 0 Å². The molecule has 0 saturated heterocycles. The second-order valence-corrected chi connectivity index (χ2v) is 6.19. The molecule has 0 fully saturated rings. The van der Waals surface area contributed by atoms with Gasteiger partial charge in [0.1, 0.15) is 22.9 Å². The maximum absolute atomic E-state index is 13.6. The smallest absolute Gasteiger partial charge is 0.258 e. The molecule has 0 aliphatic carbocycles. The molecular formula is C19H20F2N2O2. The summed E-state index contributed by atoms with van der Waals surface area (Å²) in [5, 5.41) is 12.1. The van der Waals surface area contributed by atoms with Gasteiger partial charge in [0.25, 0.3) is 5.91 Å². The van der Waals surface area contributed by atoms with Crippen molar-refractivity contribution in [1.82, 2.24) is 10.2 Å². The van der Waals surface area contributed by atoms with Crippen LogP contribution in [0, 0.1) is 11.6 Å². The summed E-state index contributed by atoms with van der Waals surface area (Å²) in [5.74, 6) is -3.42. The fourth-order valence-electron chi connectivity index (χ4n) is 3.12. The van der Waals surface area contributed by atoms with Crippen LogP contribution < -0.4 is 5.32 Å². The van der Waals surface area contributed by atoms with Crippen LogP contribution in [-0.2, 0) is 13.0 Å². The molecule has 0 bridgehead atoms. The zero-order chi connectivity index (χ0) is 17.8. The number of hydrogen-bond acceptors (Lipinski definition) is 3. The number of nitrogens with zero attached hydrogens (tertiary/aromatic N) is 1. The number of carbonyl (C=O) groups excluding carboxylic acids is 1. The maximum atomic E-state index is 13.6. The van der Waals surface area contributed by atoms with Gasteiger partial charge in [-0.1, -0.05) is 24.3 Å². The monoisotopic (exact) mass is 346 g/mol. The molecule has 0 atom stereocenters. The first kappa shape index (κ1) is 17.4. The number of phenols is 1. The summed E-state index contributed by atoms with van der Waals surface area (Å²) >= 11 is 0. The molecule has 2 aromatic rings. The highest BCUT2D eigenvalue weighted by Gasteiger charge is 2.19. The second kappa shape index (κ2) is 7.61. The predicted octanol–water partition coefficient (Wildman–Crippen LogP) is 2.85. The molecule has 132 valence electrons. The molecule has 0 spiro atoms. The minimum absolute atomic E-state index is 0.354. The van der Waals surface area contributed by atoms with Crippen LogP contribution in [0.25, 0.3) is 0 Å². The molecule has 0 unspecified atom stereocenters. The lowest BCUT2D eigenvalue weighted by molar-refractivity contribution is 0.0944. The Balaban J connectivity index is 1.47. The van der Waals surface area contributed by atoms with Crippen molar-refractivity contribution in [3.05, 3.63) is 64.7 Å². The summed E-state index contributed by atoms with van der Waals surface area (Å²) in [6.07, 6.45) is 1.72. The Morgan fingerprint density at radius 3 is 2.72 bits per heavy atom. The molecule has 0 aromatic heterocycles. The first-order valence-corrected chi connectivity index (χ1v) is 8.30. The van der Waals surface area contributed by atoms with E-state index in [1.54, 1.807) is 0 Å². The molecule has 1 heterocycles. The number of halogens is 2. The van der Waals surface area contributed by atoms with Crippen molar-refractivity contribution < 1.29 is 18.7 Å². The highest BCUT2D eigenvalue weighted by Crippen LogP contribution is 2.22. The van der Waals surface area contributed by atoms with Gasteiger partial charge in [0.05, 0.1) is 0 Å². The molecule has 0 radical (unpaired) electrons. The molecule has 1 amide bonds. The topological polar surface area (TPSA) is 52.6 Å². The zero-order valence-corrected chi connectivity index (χ0v) is 13.8. The lowest BCUT2D eigenvalue weighted by Gasteiger charge is -2.28. The molecule has 6 heteroatoms. The summed E-state index contributed by atoms with van der Waals surface area (Å²) in [6, 6.07) is 9.67. The molecule has 2 aromatic carbocycles. The standard InChI is InChI=1S/C19H20F2N2O2/c20-15-10-16(21)18(17(24)11-15)19(25)22-7-3-8-23-9-6-13-4-1-2-5-14(13)12-23/h1-2,4-5,10-11,24H,3,6-9,12H2,(H,22,25). The number of carbonyl (C=O) groups is 1. The average Bonchev–Trinajstić information content (AvgIpc) is 2.57. The van der Waals surface area contributed by atoms with Crippen LogP contribution in [0.2, 0.25) is 0 Å². The van der Waals surface area contributed by atoms with E-state index in [1.807, 2.05) is 12.1 Å². The summed E-state index contributed by atoms with van der Waals surface area (Å²) < 4.78 is 26.6. The largest absolute Gasteiger partial charge is 0.507 e. The van der Waals surface area contributed by atoms with Crippen molar-refractivity contribution in [2.24, 2.45) is 0 Å². The van der Waals surface area contributed by atoms with Crippen molar-refractivity contribution >= 4 is 5.91 Å². The Kier molecular flexibility index (Phi) is 5.28. The summed E-state index contributed by atoms with van der Waals surface area (Å²) in [4.78, 5) is 14.3. The molecule has 2 N–H and O–H groups in total. The molecule has 1 aliphatic rings. The molecule has 0 saturated carbocycles. The van der Waals surface area contributed by atoms with Gasteiger partial charge in [0.2, 0.25) is 0 Å². The molecule has 1 aliphatic heterocycles. The first-order chi connectivity index (χ1) is 12.0. The fraction of sp³-hybridized carbons (Fsp3) is 0.316. The van der Waals surface area contributed by atoms with Crippen LogP contribution in [0.15, 0.2) is 36.4 Å². The van der Waals surface area contributed by atoms with Crippen molar-refractivity contribution in [1.29, 1.82) is 0 Å². The van der Waals surface area contributed by atoms with Crippen molar-refractivity contribution in [3.63, 3.8) is 0 Å². The number of hydrogen-bond donors (Lipinski definition) is 2. The summed E-state index contributed by atoms with van der Waals surface area (Å²) in [6.45, 7) is 3.02. The lowest BCUT2D eigenvalue weighted by Crippen LogP contribution is -2.34. The molecule has 4 nitrogen and oxygen atoms in total. The van der Waals surface area contributed by atoms with Crippen LogP contribution in [-0.4, -0.2) is 35.5 Å². The second-order valence-electron chi connectivity index (χ2n) is 6.19. The third kappa shape index (κ3) is 4.14. The number of aromatic hydroxyl groups is 1. The van der Waals surface area contributed by atoms with E-state index in [2.05, 4.69) is 22.3 Å². The van der Waals surface area contributed by atoms with E-state index in [4.69, 9.17) is 0 Å². The van der Waals surface area contributed by atoms with Crippen LogP contribution >= 0.6 is 0 Å². The fourth-order valence-corrected chi connectivity index (χ4v) is 3.12. The normalized spacial score (nSPS) is 14.2. The van der Waals surface area contributed by atoms with Gasteiger partial charge in [-0.05, 0) is 24.0 Å². The van der Waals surface area contributed by atoms with E-state index in [0.29, 0.717) is 19.0 Å². The Morgan fingerprint density at radius 1 is 1.20 bits per heavy atom. The molecule has 3 rings (SSSR count). The zero-order valence-electron chi connectivity index (χ0n) is 13.8. The van der Waals surface area contributed by atoms with Crippen LogP contribution in [0.1, 0.15) is 27.9 Å². The van der Waals surface area contributed by atoms with Gasteiger partial charge in [0.15, 0.2) is 0 Å². The number of phenolic OH excluding ortho intramolecular Hbond substituents is 1. The van der Waals surface area contributed by atoms with E-state index in [9.17, 15) is 18.7 Å². The van der Waals surface area contributed by atoms with Crippen LogP contribution in [0.5, 0.6) is 5.75 Å². The molecule has 25 heavy (non-hydrogen) atoms. The van der Waals surface area contributed by atoms with Crippen LogP contribution in [0.4, 0.5) is 8.78 Å². The Bertz CT molecular complexity index is 757. The van der Waals surface area contributed by atoms with Gasteiger partial charge in [-0.3, -0.25) is 9.69 Å². The predicted molar refractivity (Wildman–Crippen MR) is 90.4 cm³/mol. The van der Waals surface area contributed by atoms with E-state index in [1.165, 1.54) is 11.1 Å². The SMILES string of the molecule is O=C(NCCCN1CCc2ccccc2C1)c1c(O)cc(F)cc1F. The Labute approximate surface area is 145 Å². The Morgan fingerprint density at radius 2 is 1.96 bits per heavy atom. The minimum Gasteiger partial charge on any atom is -0.507 e. The van der Waals surface area contributed by atoms with Crippen molar-refractivity contribution in [2.45, 2.75) is 19.4 Å². The third-order valence-electron chi connectivity index (χ3n) is 4.41. The highest BCUT2D eigenvalue weighted by molar-refractivity contribution is 5.97. The van der Waals surface area contributed by atoms with Crippen molar-refractivity contribution in [3.8, 4) is 5.75 Å². The number of rotatable bonds is 5.